The van der Waals surface area contributed by atoms with E-state index in [0.717, 1.165) is 9.79 Å². The number of thiol groups is 1. The van der Waals surface area contributed by atoms with E-state index in [4.69, 9.17) is 10.7 Å². The van der Waals surface area contributed by atoms with Gasteiger partial charge in [0, 0.05) is 25.4 Å². The summed E-state index contributed by atoms with van der Waals surface area (Å²) in [5, 5.41) is 0. The molecule has 0 saturated heterocycles. The van der Waals surface area contributed by atoms with Gasteiger partial charge in [-0.2, -0.15) is 0 Å². The summed E-state index contributed by atoms with van der Waals surface area (Å²) in [6, 6.07) is 14.3. The van der Waals surface area contributed by atoms with Crippen LogP contribution in [0.25, 0.3) is 0 Å². The molecule has 0 heterocycles. The first-order chi connectivity index (χ1) is 8.47. The maximum Gasteiger partial charge on any atom is 1.00 e. The van der Waals surface area contributed by atoms with Crippen LogP contribution in [0.5, 0.6) is 0 Å². The van der Waals surface area contributed by atoms with Gasteiger partial charge in [0.1, 0.15) is 0 Å². The Morgan fingerprint density at radius 2 is 1.68 bits per heavy atom. The van der Waals surface area contributed by atoms with Crippen LogP contribution in [0.2, 0.25) is 0 Å². The molecule has 0 saturated carbocycles. The summed E-state index contributed by atoms with van der Waals surface area (Å²) in [5.74, 6) is 0. The molecule has 0 aliphatic carbocycles. The minimum atomic E-state index is -3.71. The van der Waals surface area contributed by atoms with Crippen molar-refractivity contribution in [1.29, 1.82) is 0 Å². The molecule has 19 heavy (non-hydrogen) atoms. The summed E-state index contributed by atoms with van der Waals surface area (Å²) < 4.78 is 22.6. The second-order valence-corrected chi connectivity index (χ2v) is 7.65. The minimum absolute atomic E-state index is 0. The summed E-state index contributed by atoms with van der Waals surface area (Å²) in [6.45, 7) is 0. The van der Waals surface area contributed by atoms with Crippen LogP contribution in [0, 0.1) is 0 Å². The van der Waals surface area contributed by atoms with E-state index < -0.39 is 9.05 Å². The fourth-order valence-corrected chi connectivity index (χ4v) is 3.38. The Balaban J connectivity index is 0.00000180. The Morgan fingerprint density at radius 1 is 1.05 bits per heavy atom. The van der Waals surface area contributed by atoms with Crippen molar-refractivity contribution < 1.29 is 38.0 Å². The van der Waals surface area contributed by atoms with E-state index in [0.29, 0.717) is 4.90 Å². The molecule has 0 fully saturated rings. The number of rotatable bonds is 3. The normalized spacial score (nSPS) is 10.8. The molecule has 0 atom stereocenters. The Bertz CT molecular complexity index is 660. The average Bonchev–Trinajstić information content (AvgIpc) is 2.32. The van der Waals surface area contributed by atoms with Gasteiger partial charge in [-0.15, -0.1) is 12.6 Å². The van der Waals surface area contributed by atoms with Crippen molar-refractivity contribution in [2.24, 2.45) is 0 Å². The van der Waals surface area contributed by atoms with E-state index in [1.807, 2.05) is 30.3 Å². The maximum absolute atomic E-state index is 11.3. The summed E-state index contributed by atoms with van der Waals surface area (Å²) in [6.07, 6.45) is 0. The van der Waals surface area contributed by atoms with Crippen molar-refractivity contribution in [3.8, 4) is 0 Å². The number of benzene rings is 2. The van der Waals surface area contributed by atoms with Crippen molar-refractivity contribution in [2.45, 2.75) is 19.6 Å². The molecule has 94 valence electrons. The smallest absolute Gasteiger partial charge is 0.207 e. The zero-order chi connectivity index (χ0) is 13.2. The molecule has 0 amide bonds. The number of hydrogen-bond acceptors (Lipinski definition) is 4. The third kappa shape index (κ3) is 5.01. The Kier molecular flexibility index (Phi) is 6.79. The predicted molar refractivity (Wildman–Crippen MR) is 77.3 cm³/mol. The Hall–Kier alpha value is 0.380. The summed E-state index contributed by atoms with van der Waals surface area (Å²) in [4.78, 5) is 2.57. The standard InChI is InChI=1S/C12H9ClO2S3.Na/c13-18(14,15)10-6-7-11(16)12(8-10)17-9-4-2-1-3-5-9;/h1-8,16H;/q;+1. The zero-order valence-corrected chi connectivity index (χ0v) is 15.4. The van der Waals surface area contributed by atoms with Crippen LogP contribution in [0.3, 0.4) is 0 Å². The SMILES string of the molecule is O=S(=O)(Cl)c1ccc(S)c(Sc2ccccc2)c1.[Na+]. The summed E-state index contributed by atoms with van der Waals surface area (Å²) in [5.41, 5.74) is 0. The van der Waals surface area contributed by atoms with Gasteiger partial charge in [-0.05, 0) is 30.3 Å². The molecular weight excluding hydrogens is 331 g/mol. The van der Waals surface area contributed by atoms with Gasteiger partial charge in [-0.3, -0.25) is 0 Å². The van der Waals surface area contributed by atoms with E-state index in [1.165, 1.54) is 23.9 Å². The fraction of sp³-hybridized carbons (Fsp3) is 0. The molecule has 0 unspecified atom stereocenters. The average molecular weight is 340 g/mol. The molecule has 0 aliphatic rings. The van der Waals surface area contributed by atoms with Crippen LogP contribution in [0.4, 0.5) is 0 Å². The van der Waals surface area contributed by atoms with Crippen molar-refractivity contribution in [3.63, 3.8) is 0 Å². The quantitative estimate of drug-likeness (QED) is 0.516. The molecule has 0 spiro atoms. The van der Waals surface area contributed by atoms with Crippen molar-refractivity contribution in [2.75, 3.05) is 0 Å². The second-order valence-electron chi connectivity index (χ2n) is 3.48. The van der Waals surface area contributed by atoms with Gasteiger partial charge in [0.15, 0.2) is 0 Å². The van der Waals surface area contributed by atoms with Crippen molar-refractivity contribution >= 4 is 44.1 Å². The molecule has 2 aromatic rings. The maximum atomic E-state index is 11.3. The second kappa shape index (κ2) is 7.41. The van der Waals surface area contributed by atoms with Gasteiger partial charge in [0.05, 0.1) is 4.90 Å². The van der Waals surface area contributed by atoms with Gasteiger partial charge in [0.2, 0.25) is 0 Å². The Labute approximate surface area is 149 Å². The fourth-order valence-electron chi connectivity index (χ4n) is 1.34. The number of halogens is 1. The van der Waals surface area contributed by atoms with E-state index in [9.17, 15) is 8.42 Å². The van der Waals surface area contributed by atoms with Crippen molar-refractivity contribution in [1.82, 2.24) is 0 Å². The van der Waals surface area contributed by atoms with Crippen LogP contribution in [0.15, 0.2) is 68.1 Å². The van der Waals surface area contributed by atoms with Crippen molar-refractivity contribution in [3.05, 3.63) is 48.5 Å². The van der Waals surface area contributed by atoms with Gasteiger partial charge in [-0.25, -0.2) is 8.42 Å². The van der Waals surface area contributed by atoms with Gasteiger partial charge in [0.25, 0.3) is 9.05 Å². The first-order valence-electron chi connectivity index (χ1n) is 4.97. The number of hydrogen-bond donors (Lipinski definition) is 1. The van der Waals surface area contributed by atoms with Crippen LogP contribution >= 0.6 is 35.1 Å². The third-order valence-corrected chi connectivity index (χ3v) is 5.14. The molecule has 0 radical (unpaired) electrons. The zero-order valence-electron chi connectivity index (χ0n) is 10.1. The third-order valence-electron chi connectivity index (χ3n) is 2.18. The Morgan fingerprint density at radius 3 is 2.26 bits per heavy atom. The van der Waals surface area contributed by atoms with E-state index in [1.54, 1.807) is 6.07 Å². The predicted octanol–water partition coefficient (Wildman–Crippen LogP) is 1.06. The first-order valence-corrected chi connectivity index (χ1v) is 8.55. The summed E-state index contributed by atoms with van der Waals surface area (Å²) in [7, 11) is 1.61. The van der Waals surface area contributed by atoms with Crippen LogP contribution in [-0.4, -0.2) is 8.42 Å². The van der Waals surface area contributed by atoms with Crippen LogP contribution < -0.4 is 29.6 Å². The molecule has 0 aromatic heterocycles. The largest absolute Gasteiger partial charge is 1.00 e. The molecule has 0 bridgehead atoms. The van der Waals surface area contributed by atoms with Crippen LogP contribution in [0.1, 0.15) is 0 Å². The van der Waals surface area contributed by atoms with E-state index >= 15 is 0 Å². The van der Waals surface area contributed by atoms with Gasteiger partial charge >= 0.3 is 29.6 Å². The van der Waals surface area contributed by atoms with E-state index in [-0.39, 0.29) is 34.5 Å². The molecular formula is C12H9ClNaO2S3+. The molecule has 2 rings (SSSR count). The van der Waals surface area contributed by atoms with E-state index in [2.05, 4.69) is 12.6 Å². The molecule has 2 nitrogen and oxygen atoms in total. The van der Waals surface area contributed by atoms with Gasteiger partial charge in [-0.1, -0.05) is 30.0 Å². The molecule has 0 aliphatic heterocycles. The minimum Gasteiger partial charge on any atom is -0.207 e. The summed E-state index contributed by atoms with van der Waals surface area (Å²) >= 11 is 5.76. The molecule has 0 N–H and O–H groups in total. The molecule has 2 aromatic carbocycles. The topological polar surface area (TPSA) is 34.1 Å². The van der Waals surface area contributed by atoms with Gasteiger partial charge < -0.3 is 0 Å². The first kappa shape index (κ1) is 17.4. The molecule has 7 heteroatoms. The monoisotopic (exact) mass is 339 g/mol. The van der Waals surface area contributed by atoms with Crippen LogP contribution in [-0.2, 0) is 9.05 Å².